The molecule has 0 spiro atoms. The fraction of sp³-hybridized carbons (Fsp3) is 0.588. The van der Waals surface area contributed by atoms with E-state index in [1.54, 1.807) is 0 Å². The molecule has 0 bridgehead atoms. The second kappa shape index (κ2) is 6.40. The zero-order chi connectivity index (χ0) is 13.8. The summed E-state index contributed by atoms with van der Waals surface area (Å²) in [5.74, 6) is 2.08. The number of hydrogen-bond acceptors (Lipinski definition) is 2. The number of aryl methyl sites for hydroxylation is 1. The average Bonchev–Trinajstić information content (AvgIpc) is 2.84. The number of benzene rings is 1. The van der Waals surface area contributed by atoms with Crippen molar-refractivity contribution >= 4 is 11.0 Å². The number of unbranched alkanes of at least 4 members (excludes halogenated alkanes) is 1. The van der Waals surface area contributed by atoms with Gasteiger partial charge < -0.3 is 9.88 Å². The van der Waals surface area contributed by atoms with Crippen molar-refractivity contribution in [3.8, 4) is 0 Å². The Morgan fingerprint density at radius 2 is 2.05 bits per heavy atom. The van der Waals surface area contributed by atoms with E-state index in [4.69, 9.17) is 4.98 Å². The summed E-state index contributed by atoms with van der Waals surface area (Å²) < 4.78 is 2.49. The highest BCUT2D eigenvalue weighted by atomic mass is 15.1. The van der Waals surface area contributed by atoms with Crippen LogP contribution in [0.2, 0.25) is 0 Å². The first-order valence-electron chi connectivity index (χ1n) is 8.03. The molecule has 3 rings (SSSR count). The molecule has 0 atom stereocenters. The molecule has 1 aromatic carbocycles. The lowest BCUT2D eigenvalue weighted by Crippen LogP contribution is -2.30. The summed E-state index contributed by atoms with van der Waals surface area (Å²) >= 11 is 0. The molecule has 1 N–H and O–H groups in total. The van der Waals surface area contributed by atoms with Crippen molar-refractivity contribution in [3.05, 3.63) is 30.1 Å². The van der Waals surface area contributed by atoms with E-state index in [1.165, 1.54) is 50.1 Å². The van der Waals surface area contributed by atoms with Gasteiger partial charge >= 0.3 is 0 Å². The monoisotopic (exact) mass is 271 g/mol. The van der Waals surface area contributed by atoms with E-state index in [2.05, 4.69) is 41.1 Å². The van der Waals surface area contributed by atoms with Crippen molar-refractivity contribution in [3.63, 3.8) is 0 Å². The van der Waals surface area contributed by atoms with Crippen LogP contribution in [0.1, 0.15) is 38.4 Å². The number of hydrogen-bond donors (Lipinski definition) is 1. The number of aromatic nitrogens is 2. The molecule has 1 fully saturated rings. The van der Waals surface area contributed by atoms with Gasteiger partial charge in [-0.25, -0.2) is 4.98 Å². The third kappa shape index (κ3) is 2.88. The highest BCUT2D eigenvalue weighted by Gasteiger charge is 2.17. The highest BCUT2D eigenvalue weighted by molar-refractivity contribution is 5.75. The van der Waals surface area contributed by atoms with Gasteiger partial charge in [-0.3, -0.25) is 0 Å². The number of rotatable bonds is 5. The lowest BCUT2D eigenvalue weighted by atomic mass is 9.98. The van der Waals surface area contributed by atoms with E-state index in [-0.39, 0.29) is 0 Å². The Morgan fingerprint density at radius 1 is 1.25 bits per heavy atom. The van der Waals surface area contributed by atoms with Crippen LogP contribution < -0.4 is 5.32 Å². The molecule has 2 aromatic rings. The molecule has 1 aliphatic heterocycles. The molecule has 3 nitrogen and oxygen atoms in total. The SMILES string of the molecule is CCCCc1nc2ccccc2n1CC1CCNCC1. The summed E-state index contributed by atoms with van der Waals surface area (Å²) in [6.45, 7) is 5.73. The topological polar surface area (TPSA) is 29.9 Å². The maximum Gasteiger partial charge on any atom is 0.109 e. The quantitative estimate of drug-likeness (QED) is 0.903. The Hall–Kier alpha value is -1.35. The predicted octanol–water partition coefficient (Wildman–Crippen LogP) is 3.38. The van der Waals surface area contributed by atoms with Gasteiger partial charge in [0.15, 0.2) is 0 Å². The van der Waals surface area contributed by atoms with Gasteiger partial charge in [0.25, 0.3) is 0 Å². The Morgan fingerprint density at radius 3 is 2.85 bits per heavy atom. The van der Waals surface area contributed by atoms with E-state index in [9.17, 15) is 0 Å². The van der Waals surface area contributed by atoms with Crippen LogP contribution in [0, 0.1) is 5.92 Å². The summed E-state index contributed by atoms with van der Waals surface area (Å²) in [4.78, 5) is 4.86. The van der Waals surface area contributed by atoms with Gasteiger partial charge in [0.2, 0.25) is 0 Å². The molecule has 0 saturated carbocycles. The standard InChI is InChI=1S/C17H25N3/c1-2-3-8-17-19-15-6-4-5-7-16(15)20(17)13-14-9-11-18-12-10-14/h4-7,14,18H,2-3,8-13H2,1H3. The molecule has 0 aliphatic carbocycles. The molecule has 1 aliphatic rings. The van der Waals surface area contributed by atoms with Gasteiger partial charge in [0, 0.05) is 13.0 Å². The Bertz CT molecular complexity index is 552. The second-order valence-corrected chi connectivity index (χ2v) is 5.92. The van der Waals surface area contributed by atoms with E-state index < -0.39 is 0 Å². The highest BCUT2D eigenvalue weighted by Crippen LogP contribution is 2.22. The Kier molecular flexibility index (Phi) is 4.36. The van der Waals surface area contributed by atoms with Gasteiger partial charge in [0.1, 0.15) is 5.82 Å². The molecule has 0 amide bonds. The largest absolute Gasteiger partial charge is 0.328 e. The van der Waals surface area contributed by atoms with Gasteiger partial charge in [-0.15, -0.1) is 0 Å². The summed E-state index contributed by atoms with van der Waals surface area (Å²) in [5, 5.41) is 3.46. The first-order valence-corrected chi connectivity index (χ1v) is 8.03. The molecule has 108 valence electrons. The van der Waals surface area contributed by atoms with Crippen LogP contribution in [-0.2, 0) is 13.0 Å². The number of imidazole rings is 1. The van der Waals surface area contributed by atoms with Crippen LogP contribution in [0.3, 0.4) is 0 Å². The average molecular weight is 271 g/mol. The Balaban J connectivity index is 1.88. The molecular weight excluding hydrogens is 246 g/mol. The molecule has 0 unspecified atom stereocenters. The second-order valence-electron chi connectivity index (χ2n) is 5.92. The zero-order valence-corrected chi connectivity index (χ0v) is 12.4. The zero-order valence-electron chi connectivity index (χ0n) is 12.4. The lowest BCUT2D eigenvalue weighted by Gasteiger charge is -2.24. The number of nitrogens with one attached hydrogen (secondary N) is 1. The van der Waals surface area contributed by atoms with E-state index in [0.29, 0.717) is 0 Å². The Labute approximate surface area is 121 Å². The number of nitrogens with zero attached hydrogens (tertiary/aromatic N) is 2. The molecule has 1 aromatic heterocycles. The van der Waals surface area contributed by atoms with Gasteiger partial charge in [-0.2, -0.15) is 0 Å². The number of para-hydroxylation sites is 2. The van der Waals surface area contributed by atoms with Crippen LogP contribution in [-0.4, -0.2) is 22.6 Å². The van der Waals surface area contributed by atoms with E-state index in [1.807, 2.05) is 0 Å². The fourth-order valence-corrected chi connectivity index (χ4v) is 3.18. The molecule has 0 radical (unpaired) electrons. The predicted molar refractivity (Wildman–Crippen MR) is 83.9 cm³/mol. The van der Waals surface area contributed by atoms with Crippen molar-refractivity contribution in [2.45, 2.75) is 45.6 Å². The van der Waals surface area contributed by atoms with Crippen LogP contribution in [0.5, 0.6) is 0 Å². The summed E-state index contributed by atoms with van der Waals surface area (Å²) in [5.41, 5.74) is 2.48. The molecular formula is C17H25N3. The smallest absolute Gasteiger partial charge is 0.109 e. The third-order valence-electron chi connectivity index (χ3n) is 4.39. The van der Waals surface area contributed by atoms with Crippen LogP contribution in [0.25, 0.3) is 11.0 Å². The summed E-state index contributed by atoms with van der Waals surface area (Å²) in [6, 6.07) is 8.59. The molecule has 20 heavy (non-hydrogen) atoms. The van der Waals surface area contributed by atoms with Gasteiger partial charge in [-0.05, 0) is 50.4 Å². The number of piperidine rings is 1. The van der Waals surface area contributed by atoms with Crippen LogP contribution in [0.15, 0.2) is 24.3 Å². The van der Waals surface area contributed by atoms with Gasteiger partial charge in [-0.1, -0.05) is 25.5 Å². The molecule has 3 heteroatoms. The normalized spacial score (nSPS) is 16.9. The number of fused-ring (bicyclic) bond motifs is 1. The van der Waals surface area contributed by atoms with Crippen LogP contribution >= 0.6 is 0 Å². The summed E-state index contributed by atoms with van der Waals surface area (Å²) in [6.07, 6.45) is 6.15. The van der Waals surface area contributed by atoms with Crippen molar-refractivity contribution in [1.29, 1.82) is 0 Å². The molecule has 1 saturated heterocycles. The molecule has 2 heterocycles. The minimum absolute atomic E-state index is 0.800. The van der Waals surface area contributed by atoms with E-state index >= 15 is 0 Å². The van der Waals surface area contributed by atoms with Crippen LogP contribution in [0.4, 0.5) is 0 Å². The van der Waals surface area contributed by atoms with E-state index in [0.717, 1.165) is 24.4 Å². The van der Waals surface area contributed by atoms with Crippen molar-refractivity contribution in [2.75, 3.05) is 13.1 Å². The first kappa shape index (κ1) is 13.6. The minimum atomic E-state index is 0.800. The maximum absolute atomic E-state index is 4.86. The fourth-order valence-electron chi connectivity index (χ4n) is 3.18. The lowest BCUT2D eigenvalue weighted by molar-refractivity contribution is 0.332. The van der Waals surface area contributed by atoms with Crippen molar-refractivity contribution < 1.29 is 0 Å². The van der Waals surface area contributed by atoms with Crippen molar-refractivity contribution in [2.24, 2.45) is 5.92 Å². The first-order chi connectivity index (χ1) is 9.88. The van der Waals surface area contributed by atoms with Gasteiger partial charge in [0.05, 0.1) is 11.0 Å². The minimum Gasteiger partial charge on any atom is -0.328 e. The summed E-state index contributed by atoms with van der Waals surface area (Å²) in [7, 11) is 0. The maximum atomic E-state index is 4.86. The third-order valence-corrected chi connectivity index (χ3v) is 4.39. The van der Waals surface area contributed by atoms with Crippen molar-refractivity contribution in [1.82, 2.24) is 14.9 Å².